The number of nitrogens with one attached hydrogen (secondary N) is 1. The van der Waals surface area contributed by atoms with E-state index in [1.165, 1.54) is 14.2 Å². The van der Waals surface area contributed by atoms with Gasteiger partial charge >= 0.3 is 12.3 Å². The molecule has 0 saturated heterocycles. The summed E-state index contributed by atoms with van der Waals surface area (Å²) in [5.74, 6) is 1.01. The number of hydrogen-bond acceptors (Lipinski definition) is 4. The molecule has 1 aromatic rings. The van der Waals surface area contributed by atoms with Gasteiger partial charge in [-0.3, -0.25) is 0 Å². The number of methoxy groups -OCH3 is 2. The molecule has 0 aromatic heterocycles. The molecule has 0 atom stereocenters. The number of hydrogen-bond donors (Lipinski definition) is 1. The van der Waals surface area contributed by atoms with Gasteiger partial charge in [0, 0.05) is 18.2 Å². The van der Waals surface area contributed by atoms with Gasteiger partial charge in [-0.05, 0) is 12.1 Å². The third-order valence-electron chi connectivity index (χ3n) is 2.28. The second kappa shape index (κ2) is 6.88. The lowest BCUT2D eigenvalue weighted by Crippen LogP contribution is -2.28. The minimum absolute atomic E-state index is 0.0240. The number of ether oxygens (including phenoxy) is 3. The van der Waals surface area contributed by atoms with E-state index >= 15 is 0 Å². The lowest BCUT2D eigenvalue weighted by Gasteiger charge is -2.12. The molecule has 0 spiro atoms. The van der Waals surface area contributed by atoms with E-state index in [9.17, 15) is 18.0 Å². The Labute approximate surface area is 113 Å². The van der Waals surface area contributed by atoms with E-state index in [4.69, 9.17) is 9.47 Å². The molecule has 5 nitrogen and oxygen atoms in total. The maximum Gasteiger partial charge on any atom is 0.422 e. The van der Waals surface area contributed by atoms with E-state index < -0.39 is 18.9 Å². The summed E-state index contributed by atoms with van der Waals surface area (Å²) in [6, 6.07) is 4.86. The summed E-state index contributed by atoms with van der Waals surface area (Å²) >= 11 is 0. The number of carbonyl (C=O) groups is 1. The van der Waals surface area contributed by atoms with E-state index in [0.717, 1.165) is 0 Å². The average Bonchev–Trinajstić information content (AvgIpc) is 2.41. The second-order valence-electron chi connectivity index (χ2n) is 3.72. The molecule has 0 fully saturated rings. The third-order valence-corrected chi connectivity index (χ3v) is 2.28. The van der Waals surface area contributed by atoms with E-state index in [-0.39, 0.29) is 6.54 Å². The molecule has 1 amide bonds. The van der Waals surface area contributed by atoms with Crippen molar-refractivity contribution in [3.05, 3.63) is 23.8 Å². The number of alkyl carbamates (subject to hydrolysis) is 1. The molecule has 0 unspecified atom stereocenters. The molecule has 1 aromatic carbocycles. The quantitative estimate of drug-likeness (QED) is 0.906. The summed E-state index contributed by atoms with van der Waals surface area (Å²) in [7, 11) is 2.92. The number of alkyl halides is 3. The molecule has 8 heteroatoms. The van der Waals surface area contributed by atoms with Crippen molar-refractivity contribution in [3.63, 3.8) is 0 Å². The van der Waals surface area contributed by atoms with Crippen LogP contribution in [-0.2, 0) is 11.3 Å². The largest absolute Gasteiger partial charge is 0.497 e. The molecule has 1 N–H and O–H groups in total. The Bertz CT molecular complexity index is 463. The van der Waals surface area contributed by atoms with E-state index in [0.29, 0.717) is 17.1 Å². The van der Waals surface area contributed by atoms with Crippen LogP contribution in [0.5, 0.6) is 11.5 Å². The van der Waals surface area contributed by atoms with Crippen LogP contribution < -0.4 is 14.8 Å². The average molecular weight is 293 g/mol. The Hall–Kier alpha value is -2.12. The van der Waals surface area contributed by atoms with Gasteiger partial charge in [-0.25, -0.2) is 4.79 Å². The van der Waals surface area contributed by atoms with E-state index in [1.807, 2.05) is 0 Å². The first-order valence-electron chi connectivity index (χ1n) is 5.54. The van der Waals surface area contributed by atoms with Crippen molar-refractivity contribution in [2.75, 3.05) is 20.8 Å². The Morgan fingerprint density at radius 3 is 2.50 bits per heavy atom. The molecule has 0 heterocycles. The van der Waals surface area contributed by atoms with Crippen LogP contribution in [0.4, 0.5) is 18.0 Å². The smallest absolute Gasteiger partial charge is 0.422 e. The van der Waals surface area contributed by atoms with Gasteiger partial charge < -0.3 is 19.5 Å². The highest BCUT2D eigenvalue weighted by atomic mass is 19.4. The number of carbonyl (C=O) groups excluding carboxylic acids is 1. The summed E-state index contributed by atoms with van der Waals surface area (Å²) in [5.41, 5.74) is 0.581. The lowest BCUT2D eigenvalue weighted by atomic mass is 10.2. The Balaban J connectivity index is 2.55. The van der Waals surface area contributed by atoms with Crippen LogP contribution in [0.1, 0.15) is 5.56 Å². The first kappa shape index (κ1) is 15.9. The Morgan fingerprint density at radius 1 is 1.25 bits per heavy atom. The highest BCUT2D eigenvalue weighted by Crippen LogP contribution is 2.24. The minimum atomic E-state index is -4.55. The molecule has 0 bridgehead atoms. The van der Waals surface area contributed by atoms with Crippen LogP contribution in [0.2, 0.25) is 0 Å². The zero-order chi connectivity index (χ0) is 15.2. The molecule has 0 aliphatic heterocycles. The fraction of sp³-hybridized carbons (Fsp3) is 0.417. The predicted octanol–water partition coefficient (Wildman–Crippen LogP) is 2.49. The molecule has 112 valence electrons. The summed E-state index contributed by atoms with van der Waals surface area (Å²) in [6.07, 6.45) is -5.70. The number of halogens is 3. The summed E-state index contributed by atoms with van der Waals surface area (Å²) in [5, 5.41) is 2.20. The second-order valence-corrected chi connectivity index (χ2v) is 3.72. The summed E-state index contributed by atoms with van der Waals surface area (Å²) in [6.45, 7) is -1.65. The number of rotatable bonds is 5. The van der Waals surface area contributed by atoms with Gasteiger partial charge in [0.2, 0.25) is 0 Å². The van der Waals surface area contributed by atoms with Gasteiger partial charge in [-0.2, -0.15) is 13.2 Å². The van der Waals surface area contributed by atoms with Gasteiger partial charge in [0.1, 0.15) is 11.5 Å². The molecule has 0 aliphatic rings. The van der Waals surface area contributed by atoms with Crippen molar-refractivity contribution in [1.29, 1.82) is 0 Å². The SMILES string of the molecule is COc1ccc(CNC(=O)OCC(F)(F)F)c(OC)c1. The van der Waals surface area contributed by atoms with Crippen LogP contribution in [0.15, 0.2) is 18.2 Å². The van der Waals surface area contributed by atoms with Crippen LogP contribution >= 0.6 is 0 Å². The fourth-order valence-electron chi connectivity index (χ4n) is 1.36. The van der Waals surface area contributed by atoms with Crippen molar-refractivity contribution >= 4 is 6.09 Å². The maximum atomic E-state index is 11.8. The third kappa shape index (κ3) is 5.25. The zero-order valence-corrected chi connectivity index (χ0v) is 10.9. The first-order valence-corrected chi connectivity index (χ1v) is 5.54. The normalized spacial score (nSPS) is 10.8. The highest BCUT2D eigenvalue weighted by molar-refractivity contribution is 5.67. The molecular formula is C12H14F3NO4. The van der Waals surface area contributed by atoms with Crippen molar-refractivity contribution in [2.45, 2.75) is 12.7 Å². The van der Waals surface area contributed by atoms with Crippen LogP contribution in [0.25, 0.3) is 0 Å². The maximum absolute atomic E-state index is 11.8. The highest BCUT2D eigenvalue weighted by Gasteiger charge is 2.29. The fourth-order valence-corrected chi connectivity index (χ4v) is 1.36. The summed E-state index contributed by atoms with van der Waals surface area (Å²) < 4.78 is 49.6. The van der Waals surface area contributed by atoms with Crippen LogP contribution in [-0.4, -0.2) is 33.1 Å². The predicted molar refractivity (Wildman–Crippen MR) is 63.8 cm³/mol. The van der Waals surface area contributed by atoms with Crippen LogP contribution in [0, 0.1) is 0 Å². The molecule has 0 aliphatic carbocycles. The molecular weight excluding hydrogens is 279 g/mol. The van der Waals surface area contributed by atoms with E-state index in [2.05, 4.69) is 10.1 Å². The number of amides is 1. The Morgan fingerprint density at radius 2 is 1.95 bits per heavy atom. The van der Waals surface area contributed by atoms with Crippen molar-refractivity contribution < 1.29 is 32.2 Å². The first-order chi connectivity index (χ1) is 9.35. The lowest BCUT2D eigenvalue weighted by molar-refractivity contribution is -0.160. The van der Waals surface area contributed by atoms with Gasteiger partial charge in [-0.15, -0.1) is 0 Å². The summed E-state index contributed by atoms with van der Waals surface area (Å²) in [4.78, 5) is 11.1. The van der Waals surface area contributed by atoms with Gasteiger partial charge in [-0.1, -0.05) is 0 Å². The van der Waals surface area contributed by atoms with Crippen molar-refractivity contribution in [2.24, 2.45) is 0 Å². The van der Waals surface area contributed by atoms with Crippen LogP contribution in [0.3, 0.4) is 0 Å². The molecule has 1 rings (SSSR count). The number of benzene rings is 1. The van der Waals surface area contributed by atoms with E-state index in [1.54, 1.807) is 18.2 Å². The van der Waals surface area contributed by atoms with Gasteiger partial charge in [0.15, 0.2) is 6.61 Å². The van der Waals surface area contributed by atoms with Gasteiger partial charge in [0.05, 0.1) is 14.2 Å². The zero-order valence-electron chi connectivity index (χ0n) is 10.9. The molecule has 0 radical (unpaired) electrons. The Kier molecular flexibility index (Phi) is 5.48. The van der Waals surface area contributed by atoms with Gasteiger partial charge in [0.25, 0.3) is 0 Å². The standard InChI is InChI=1S/C12H14F3NO4/c1-18-9-4-3-8(10(5-9)19-2)6-16-11(17)20-7-12(13,14)15/h3-5H,6-7H2,1-2H3,(H,16,17). The topological polar surface area (TPSA) is 56.8 Å². The van der Waals surface area contributed by atoms with Crippen molar-refractivity contribution in [3.8, 4) is 11.5 Å². The molecule has 0 saturated carbocycles. The molecule has 20 heavy (non-hydrogen) atoms. The minimum Gasteiger partial charge on any atom is -0.497 e. The monoisotopic (exact) mass is 293 g/mol. The van der Waals surface area contributed by atoms with Crippen molar-refractivity contribution in [1.82, 2.24) is 5.32 Å².